The lowest BCUT2D eigenvalue weighted by Crippen LogP contribution is -2.22. The van der Waals surface area contributed by atoms with Crippen molar-refractivity contribution < 1.29 is 14.1 Å². The molecule has 0 radical (unpaired) electrons. The van der Waals surface area contributed by atoms with E-state index in [0.717, 1.165) is 49.8 Å². The largest absolute Gasteiger partial charge is 0.381 e. The van der Waals surface area contributed by atoms with E-state index in [9.17, 15) is 4.79 Å². The van der Waals surface area contributed by atoms with Gasteiger partial charge in [0, 0.05) is 59.7 Å². The van der Waals surface area contributed by atoms with Gasteiger partial charge in [-0.25, -0.2) is 0 Å². The van der Waals surface area contributed by atoms with Gasteiger partial charge < -0.3 is 19.1 Å². The second-order valence-corrected chi connectivity index (χ2v) is 10.3. The number of nitrogens with zero attached hydrogens (tertiary/aromatic N) is 5. The molecule has 0 saturated carbocycles. The standard InChI is InChI=1S/C27H29N7O3S/c35-27(28-16-21-8-13-37-31-21)19-2-4-24-23(15-19)22(3-1-18-6-11-36-12-7-18)26(20-9-14-38-17-20)34(24)10-5-25-29-32-33-30-25/h2,4,8-9,13-15,17-18H,1,3,5-7,10-12,16H2,(H,28,35)(H,29,30,32,33). The van der Waals surface area contributed by atoms with Crippen molar-refractivity contribution in [3.8, 4) is 11.3 Å². The van der Waals surface area contributed by atoms with E-state index in [1.54, 1.807) is 17.4 Å². The number of carbonyl (C=O) groups excluding carboxylic acids is 1. The van der Waals surface area contributed by atoms with Crippen LogP contribution in [0.4, 0.5) is 0 Å². The zero-order valence-electron chi connectivity index (χ0n) is 20.9. The number of H-pyrrole nitrogens is 1. The number of benzene rings is 1. The molecule has 1 aliphatic heterocycles. The summed E-state index contributed by atoms with van der Waals surface area (Å²) in [6.07, 6.45) is 6.37. The molecule has 5 aromatic rings. The molecule has 1 aliphatic rings. The number of aromatic amines is 1. The van der Waals surface area contributed by atoms with Gasteiger partial charge in [0.1, 0.15) is 12.0 Å². The van der Waals surface area contributed by atoms with Crippen molar-refractivity contribution in [2.45, 2.75) is 45.2 Å². The zero-order chi connectivity index (χ0) is 25.7. The number of amides is 1. The molecular weight excluding hydrogens is 502 g/mol. The summed E-state index contributed by atoms with van der Waals surface area (Å²) >= 11 is 1.69. The second kappa shape index (κ2) is 11.3. The first-order chi connectivity index (χ1) is 18.8. The van der Waals surface area contributed by atoms with Crippen molar-refractivity contribution in [3.05, 3.63) is 70.0 Å². The van der Waals surface area contributed by atoms with Crippen LogP contribution in [0.2, 0.25) is 0 Å². The molecular formula is C27H29N7O3S. The molecule has 1 amide bonds. The average molecular weight is 532 g/mol. The molecule has 5 heterocycles. The number of aryl methyl sites for hydroxylation is 3. The van der Waals surface area contributed by atoms with E-state index in [1.165, 1.54) is 23.1 Å². The molecule has 1 aromatic carbocycles. The minimum atomic E-state index is -0.137. The number of ether oxygens (including phenoxy) is 1. The number of fused-ring (bicyclic) bond motifs is 1. The van der Waals surface area contributed by atoms with Gasteiger partial charge in [-0.2, -0.15) is 16.6 Å². The van der Waals surface area contributed by atoms with E-state index < -0.39 is 0 Å². The van der Waals surface area contributed by atoms with Gasteiger partial charge in [-0.3, -0.25) is 4.79 Å². The van der Waals surface area contributed by atoms with Gasteiger partial charge in [0.15, 0.2) is 5.82 Å². The highest BCUT2D eigenvalue weighted by molar-refractivity contribution is 7.08. The summed E-state index contributed by atoms with van der Waals surface area (Å²) in [6, 6.07) is 9.91. The first-order valence-electron chi connectivity index (χ1n) is 12.9. The number of thiophene rings is 1. The third kappa shape index (κ3) is 5.25. The maximum Gasteiger partial charge on any atom is 0.251 e. The summed E-state index contributed by atoms with van der Waals surface area (Å²) in [7, 11) is 0. The van der Waals surface area contributed by atoms with Crippen LogP contribution in [0.5, 0.6) is 0 Å². The molecule has 0 spiro atoms. The SMILES string of the molecule is O=C(NCc1ccon1)c1ccc2c(c1)c(CCC1CCOCC1)c(-c1ccsc1)n2CCc1nn[nH]n1. The number of carbonyl (C=O) groups is 1. The molecule has 10 nitrogen and oxygen atoms in total. The van der Waals surface area contributed by atoms with E-state index in [1.807, 2.05) is 12.1 Å². The van der Waals surface area contributed by atoms with Crippen molar-refractivity contribution in [3.63, 3.8) is 0 Å². The van der Waals surface area contributed by atoms with Crippen LogP contribution in [0.3, 0.4) is 0 Å². The number of hydrogen-bond donors (Lipinski definition) is 2. The van der Waals surface area contributed by atoms with Crippen molar-refractivity contribution in [1.82, 2.24) is 35.7 Å². The minimum Gasteiger partial charge on any atom is -0.381 e. The molecule has 0 unspecified atom stereocenters. The Labute approximate surface area is 223 Å². The van der Waals surface area contributed by atoms with Crippen molar-refractivity contribution >= 4 is 28.1 Å². The van der Waals surface area contributed by atoms with Crippen LogP contribution in [-0.2, 0) is 30.7 Å². The smallest absolute Gasteiger partial charge is 0.251 e. The molecule has 2 N–H and O–H groups in total. The summed E-state index contributed by atoms with van der Waals surface area (Å²) < 4.78 is 12.8. The van der Waals surface area contributed by atoms with Gasteiger partial charge in [0.25, 0.3) is 5.91 Å². The fourth-order valence-electron chi connectivity index (χ4n) is 5.27. The Kier molecular flexibility index (Phi) is 7.27. The first-order valence-corrected chi connectivity index (χ1v) is 13.9. The molecule has 4 aromatic heterocycles. The number of tetrazole rings is 1. The van der Waals surface area contributed by atoms with E-state index in [2.05, 4.69) is 58.6 Å². The Morgan fingerprint density at radius 2 is 2.11 bits per heavy atom. The topological polar surface area (TPSA) is 124 Å². The summed E-state index contributed by atoms with van der Waals surface area (Å²) in [4.78, 5) is 13.1. The van der Waals surface area contributed by atoms with Gasteiger partial charge in [0.2, 0.25) is 0 Å². The van der Waals surface area contributed by atoms with Crippen LogP contribution in [0, 0.1) is 5.92 Å². The van der Waals surface area contributed by atoms with Crippen LogP contribution in [-0.4, -0.2) is 49.5 Å². The predicted octanol–water partition coefficient (Wildman–Crippen LogP) is 4.40. The van der Waals surface area contributed by atoms with Crippen LogP contribution < -0.4 is 5.32 Å². The lowest BCUT2D eigenvalue weighted by atomic mass is 9.91. The predicted molar refractivity (Wildman–Crippen MR) is 143 cm³/mol. The van der Waals surface area contributed by atoms with Crippen LogP contribution in [0.1, 0.15) is 46.7 Å². The highest BCUT2D eigenvalue weighted by Crippen LogP contribution is 2.37. The Morgan fingerprint density at radius 3 is 2.87 bits per heavy atom. The Hall–Kier alpha value is -3.83. The summed E-state index contributed by atoms with van der Waals surface area (Å²) in [6.45, 7) is 2.70. The fraction of sp³-hybridized carbons (Fsp3) is 0.370. The summed E-state index contributed by atoms with van der Waals surface area (Å²) in [5.74, 6) is 1.18. The molecule has 0 bridgehead atoms. The molecule has 1 fully saturated rings. The second-order valence-electron chi connectivity index (χ2n) is 9.57. The first kappa shape index (κ1) is 24.5. The number of aromatic nitrogens is 6. The highest BCUT2D eigenvalue weighted by Gasteiger charge is 2.23. The minimum absolute atomic E-state index is 0.137. The van der Waals surface area contributed by atoms with Gasteiger partial charge >= 0.3 is 0 Å². The number of rotatable bonds is 10. The molecule has 11 heteroatoms. The van der Waals surface area contributed by atoms with E-state index >= 15 is 0 Å². The number of hydrogen-bond acceptors (Lipinski definition) is 8. The van der Waals surface area contributed by atoms with Gasteiger partial charge in [-0.05, 0) is 66.8 Å². The van der Waals surface area contributed by atoms with Gasteiger partial charge in [0.05, 0.1) is 12.2 Å². The lowest BCUT2D eigenvalue weighted by molar-refractivity contribution is 0.0640. The third-order valence-corrected chi connectivity index (χ3v) is 7.92. The van der Waals surface area contributed by atoms with Crippen LogP contribution >= 0.6 is 11.3 Å². The molecule has 0 aliphatic carbocycles. The normalized spacial score (nSPS) is 14.3. The van der Waals surface area contributed by atoms with E-state index in [-0.39, 0.29) is 5.91 Å². The monoisotopic (exact) mass is 531 g/mol. The van der Waals surface area contributed by atoms with Crippen LogP contribution in [0.25, 0.3) is 22.2 Å². The Balaban J connectivity index is 1.38. The van der Waals surface area contributed by atoms with E-state index in [0.29, 0.717) is 42.5 Å². The van der Waals surface area contributed by atoms with Crippen molar-refractivity contribution in [2.75, 3.05) is 13.2 Å². The highest BCUT2D eigenvalue weighted by atomic mass is 32.1. The molecule has 196 valence electrons. The van der Waals surface area contributed by atoms with E-state index in [4.69, 9.17) is 9.26 Å². The number of nitrogens with one attached hydrogen (secondary N) is 2. The third-order valence-electron chi connectivity index (χ3n) is 7.24. The lowest BCUT2D eigenvalue weighted by Gasteiger charge is -2.22. The van der Waals surface area contributed by atoms with Gasteiger partial charge in [-0.1, -0.05) is 10.4 Å². The Morgan fingerprint density at radius 1 is 1.18 bits per heavy atom. The van der Waals surface area contributed by atoms with Crippen molar-refractivity contribution in [1.29, 1.82) is 0 Å². The maximum absolute atomic E-state index is 13.1. The Bertz CT molecular complexity index is 1470. The molecule has 0 atom stereocenters. The van der Waals surface area contributed by atoms with Crippen molar-refractivity contribution in [2.24, 2.45) is 5.92 Å². The molecule has 1 saturated heterocycles. The maximum atomic E-state index is 13.1. The summed E-state index contributed by atoms with van der Waals surface area (Å²) in [5, 5.41) is 26.8. The summed E-state index contributed by atoms with van der Waals surface area (Å²) in [5.41, 5.74) is 6.09. The zero-order valence-corrected chi connectivity index (χ0v) is 21.7. The average Bonchev–Trinajstić information content (AvgIpc) is 3.77. The van der Waals surface area contributed by atoms with Crippen LogP contribution in [0.15, 0.2) is 51.9 Å². The fourth-order valence-corrected chi connectivity index (χ4v) is 5.91. The molecule has 6 rings (SSSR count). The quantitative estimate of drug-likeness (QED) is 0.274. The van der Waals surface area contributed by atoms with Gasteiger partial charge in [-0.15, -0.1) is 10.2 Å². The molecule has 38 heavy (non-hydrogen) atoms.